The zero-order chi connectivity index (χ0) is 16.5. The first-order chi connectivity index (χ1) is 12.3. The Balaban J connectivity index is 1.74. The summed E-state index contributed by atoms with van der Waals surface area (Å²) in [4.78, 5) is 0. The molecule has 3 aliphatic carbocycles. The summed E-state index contributed by atoms with van der Waals surface area (Å²) in [6.45, 7) is 2.28. The van der Waals surface area contributed by atoms with Crippen molar-refractivity contribution in [3.8, 4) is 0 Å². The average molecular weight is 320 g/mol. The van der Waals surface area contributed by atoms with Crippen molar-refractivity contribution in [2.24, 2.45) is 11.8 Å². The second-order valence-corrected chi connectivity index (χ2v) is 7.77. The second kappa shape index (κ2) is 4.73. The number of fused-ring (bicyclic) bond motifs is 1. The first kappa shape index (κ1) is 13.7. The minimum absolute atomic E-state index is 0.742. The van der Waals surface area contributed by atoms with Crippen LogP contribution in [0.25, 0.3) is 39.3 Å². The molecule has 0 N–H and O–H groups in total. The van der Waals surface area contributed by atoms with E-state index in [4.69, 9.17) is 0 Å². The molecule has 0 heteroatoms. The molecule has 0 saturated heterocycles. The minimum atomic E-state index is 0.742. The molecule has 1 saturated carbocycles. The minimum Gasteiger partial charge on any atom is -0.0801 e. The second-order valence-electron chi connectivity index (χ2n) is 7.77. The smallest absolute Gasteiger partial charge is 0.00208 e. The van der Waals surface area contributed by atoms with Crippen LogP contribution in [0.4, 0.5) is 0 Å². The summed E-state index contributed by atoms with van der Waals surface area (Å²) in [5.41, 5.74) is 5.91. The molecular formula is C25H20. The summed E-state index contributed by atoms with van der Waals surface area (Å²) in [5.74, 6) is 1.54. The highest BCUT2D eigenvalue weighted by Gasteiger charge is 2.42. The standard InChI is InChI=1S/C25H20/c1-15-6-11-20(23-14-22(15)23)19-12-9-18-8-7-16-4-2-3-5-17-10-13-21(19)25(18)24(16)17/h3-13,22-23H,2,14H2,1H3. The fraction of sp³-hybridized carbons (Fsp3) is 0.200. The first-order valence-corrected chi connectivity index (χ1v) is 9.35. The Morgan fingerprint density at radius 1 is 0.880 bits per heavy atom. The third-order valence-electron chi connectivity index (χ3n) is 6.36. The largest absolute Gasteiger partial charge is 0.0801 e. The van der Waals surface area contributed by atoms with E-state index >= 15 is 0 Å². The Labute approximate surface area is 147 Å². The van der Waals surface area contributed by atoms with Gasteiger partial charge in [-0.2, -0.15) is 0 Å². The molecule has 25 heavy (non-hydrogen) atoms. The maximum absolute atomic E-state index is 2.38. The molecule has 6 rings (SSSR count). The summed E-state index contributed by atoms with van der Waals surface area (Å²) in [5, 5.41) is 7.04. The van der Waals surface area contributed by atoms with Gasteiger partial charge in [-0.3, -0.25) is 0 Å². The zero-order valence-electron chi connectivity index (χ0n) is 14.4. The van der Waals surface area contributed by atoms with E-state index in [0.717, 1.165) is 18.3 Å². The number of allylic oxidation sites excluding steroid dienone is 5. The molecule has 2 atom stereocenters. The Morgan fingerprint density at radius 2 is 1.80 bits per heavy atom. The van der Waals surface area contributed by atoms with Crippen molar-refractivity contribution >= 4 is 39.3 Å². The lowest BCUT2D eigenvalue weighted by atomic mass is 9.87. The highest BCUT2D eigenvalue weighted by Crippen LogP contribution is 2.55. The van der Waals surface area contributed by atoms with E-state index in [-0.39, 0.29) is 0 Å². The summed E-state index contributed by atoms with van der Waals surface area (Å²) < 4.78 is 0. The van der Waals surface area contributed by atoms with E-state index < -0.39 is 0 Å². The maximum Gasteiger partial charge on any atom is -0.00208 e. The van der Waals surface area contributed by atoms with Crippen LogP contribution >= 0.6 is 0 Å². The van der Waals surface area contributed by atoms with Crippen LogP contribution in [0.15, 0.2) is 60.2 Å². The summed E-state index contributed by atoms with van der Waals surface area (Å²) in [6.07, 6.45) is 14.0. The fourth-order valence-electron chi connectivity index (χ4n) is 4.95. The van der Waals surface area contributed by atoms with Gasteiger partial charge in [-0.05, 0) is 75.1 Å². The van der Waals surface area contributed by atoms with Gasteiger partial charge in [0.1, 0.15) is 0 Å². The molecule has 0 aromatic heterocycles. The Morgan fingerprint density at radius 3 is 2.76 bits per heavy atom. The third kappa shape index (κ3) is 1.83. The molecule has 0 aliphatic heterocycles. The van der Waals surface area contributed by atoms with E-state index in [0.29, 0.717) is 0 Å². The molecule has 3 aromatic carbocycles. The highest BCUT2D eigenvalue weighted by atomic mass is 14.5. The summed E-state index contributed by atoms with van der Waals surface area (Å²) in [7, 11) is 0. The monoisotopic (exact) mass is 320 g/mol. The van der Waals surface area contributed by atoms with Crippen molar-refractivity contribution in [2.75, 3.05) is 0 Å². The van der Waals surface area contributed by atoms with E-state index in [1.165, 1.54) is 44.3 Å². The molecule has 0 amide bonds. The maximum atomic E-state index is 2.38. The van der Waals surface area contributed by atoms with Gasteiger partial charge in [0, 0.05) is 0 Å². The van der Waals surface area contributed by atoms with Crippen LogP contribution < -0.4 is 5.22 Å². The molecule has 1 fully saturated rings. The van der Waals surface area contributed by atoms with E-state index in [2.05, 4.69) is 73.7 Å². The molecule has 0 heterocycles. The van der Waals surface area contributed by atoms with Crippen LogP contribution in [0.1, 0.15) is 30.9 Å². The van der Waals surface area contributed by atoms with Gasteiger partial charge in [-0.15, -0.1) is 0 Å². The van der Waals surface area contributed by atoms with Crippen molar-refractivity contribution in [1.82, 2.24) is 0 Å². The molecule has 3 aromatic rings. The van der Waals surface area contributed by atoms with Gasteiger partial charge in [0.15, 0.2) is 0 Å². The van der Waals surface area contributed by atoms with Crippen LogP contribution in [-0.4, -0.2) is 0 Å². The van der Waals surface area contributed by atoms with Gasteiger partial charge in [0.2, 0.25) is 0 Å². The summed E-state index contributed by atoms with van der Waals surface area (Å²) in [6, 6.07) is 13.9. The topological polar surface area (TPSA) is 0 Å². The van der Waals surface area contributed by atoms with Gasteiger partial charge in [-0.25, -0.2) is 0 Å². The van der Waals surface area contributed by atoms with E-state index in [9.17, 15) is 0 Å². The van der Waals surface area contributed by atoms with Crippen molar-refractivity contribution < 1.29 is 0 Å². The molecule has 0 radical (unpaired) electrons. The lowest BCUT2D eigenvalue weighted by molar-refractivity contribution is 0.924. The quantitative estimate of drug-likeness (QED) is 0.524. The van der Waals surface area contributed by atoms with Gasteiger partial charge < -0.3 is 0 Å². The van der Waals surface area contributed by atoms with E-state index in [1.54, 1.807) is 11.1 Å². The SMILES string of the molecule is CC1=CC=C(c2ccc3ccc4c5c(ccc2c35)C=CCC=4)C2CC12. The van der Waals surface area contributed by atoms with Gasteiger partial charge >= 0.3 is 0 Å². The molecule has 0 nitrogen and oxygen atoms in total. The van der Waals surface area contributed by atoms with Crippen molar-refractivity contribution in [1.29, 1.82) is 0 Å². The van der Waals surface area contributed by atoms with E-state index in [1.807, 2.05) is 0 Å². The lowest BCUT2D eigenvalue weighted by Gasteiger charge is -2.17. The molecule has 0 spiro atoms. The molecule has 2 unspecified atom stereocenters. The third-order valence-corrected chi connectivity index (χ3v) is 6.36. The normalized spacial score (nSPS) is 23.7. The predicted octanol–water partition coefficient (Wildman–Crippen LogP) is 5.89. The molecule has 120 valence electrons. The van der Waals surface area contributed by atoms with Crippen LogP contribution in [0.5, 0.6) is 0 Å². The highest BCUT2D eigenvalue weighted by molar-refractivity contribution is 6.16. The lowest BCUT2D eigenvalue weighted by Crippen LogP contribution is -2.04. The number of hydrogen-bond acceptors (Lipinski definition) is 0. The van der Waals surface area contributed by atoms with Gasteiger partial charge in [-0.1, -0.05) is 72.4 Å². The average Bonchev–Trinajstić information content (AvgIpc) is 3.45. The van der Waals surface area contributed by atoms with Crippen LogP contribution in [-0.2, 0) is 0 Å². The van der Waals surface area contributed by atoms with Crippen LogP contribution in [0, 0.1) is 11.8 Å². The van der Waals surface area contributed by atoms with Crippen LogP contribution in [0.2, 0.25) is 0 Å². The van der Waals surface area contributed by atoms with Crippen molar-refractivity contribution in [3.05, 3.63) is 76.5 Å². The molecule has 3 aliphatic rings. The number of hydrogen-bond donors (Lipinski definition) is 0. The number of rotatable bonds is 1. The zero-order valence-corrected chi connectivity index (χ0v) is 14.4. The Bertz CT molecular complexity index is 1200. The van der Waals surface area contributed by atoms with Gasteiger partial charge in [0.05, 0.1) is 0 Å². The Hall–Kier alpha value is -2.60. The van der Waals surface area contributed by atoms with Crippen LogP contribution in [0.3, 0.4) is 0 Å². The van der Waals surface area contributed by atoms with Crippen molar-refractivity contribution in [2.45, 2.75) is 19.8 Å². The van der Waals surface area contributed by atoms with Gasteiger partial charge in [0.25, 0.3) is 0 Å². The first-order valence-electron chi connectivity index (χ1n) is 9.35. The van der Waals surface area contributed by atoms with Crippen molar-refractivity contribution in [3.63, 3.8) is 0 Å². The number of benzene rings is 3. The summed E-state index contributed by atoms with van der Waals surface area (Å²) >= 11 is 0. The molecule has 0 bridgehead atoms. The molecular weight excluding hydrogens is 300 g/mol. The fourth-order valence-corrected chi connectivity index (χ4v) is 4.95. The Kier molecular flexibility index (Phi) is 2.58. The predicted molar refractivity (Wildman–Crippen MR) is 108 cm³/mol.